The van der Waals surface area contributed by atoms with Crippen molar-refractivity contribution in [2.45, 2.75) is 10.1 Å². The Bertz CT molecular complexity index is 669. The quantitative estimate of drug-likeness (QED) is 0.916. The molecule has 0 saturated carbocycles. The second-order valence-corrected chi connectivity index (χ2v) is 6.45. The summed E-state index contributed by atoms with van der Waals surface area (Å²) in [5, 5.41) is -0.818. The van der Waals surface area contributed by atoms with Crippen molar-refractivity contribution in [2.24, 2.45) is 5.73 Å². The van der Waals surface area contributed by atoms with Crippen molar-refractivity contribution in [1.82, 2.24) is 0 Å². The number of methoxy groups -OCH3 is 1. The van der Waals surface area contributed by atoms with E-state index in [1.165, 1.54) is 7.11 Å². The highest BCUT2D eigenvalue weighted by atomic mass is 32.2. The minimum Gasteiger partial charge on any atom is -0.496 e. The molecule has 0 fully saturated rings. The van der Waals surface area contributed by atoms with Crippen molar-refractivity contribution in [3.8, 4) is 5.75 Å². The van der Waals surface area contributed by atoms with Gasteiger partial charge in [0.25, 0.3) is 0 Å². The van der Waals surface area contributed by atoms with Crippen LogP contribution in [0.5, 0.6) is 5.75 Å². The Hall–Kier alpha value is -1.85. The summed E-state index contributed by atoms with van der Waals surface area (Å²) in [7, 11) is -2.03. The normalized spacial score (nSPS) is 12.9. The molecule has 0 bridgehead atoms. The zero-order valence-corrected chi connectivity index (χ0v) is 12.0. The number of nitrogens with two attached hydrogens (primary N) is 1. The number of hydrogen-bond donors (Lipinski definition) is 1. The van der Waals surface area contributed by atoms with Crippen LogP contribution in [0.15, 0.2) is 59.5 Å². The van der Waals surface area contributed by atoms with E-state index in [0.717, 1.165) is 0 Å². The average Bonchev–Trinajstić information content (AvgIpc) is 2.49. The molecule has 0 aliphatic carbocycles. The van der Waals surface area contributed by atoms with Crippen LogP contribution < -0.4 is 10.5 Å². The molecule has 106 valence electrons. The summed E-state index contributed by atoms with van der Waals surface area (Å²) in [5.41, 5.74) is 6.30. The van der Waals surface area contributed by atoms with Crippen LogP contribution >= 0.6 is 0 Å². The smallest absolute Gasteiger partial charge is 0.186 e. The van der Waals surface area contributed by atoms with Gasteiger partial charge in [-0.15, -0.1) is 0 Å². The third kappa shape index (κ3) is 2.69. The SMILES string of the molecule is COc1ccccc1[C@@H](CN)S(=O)(=O)c1ccccc1. The highest BCUT2D eigenvalue weighted by molar-refractivity contribution is 7.91. The van der Waals surface area contributed by atoms with Crippen LogP contribution in [-0.4, -0.2) is 22.1 Å². The summed E-state index contributed by atoms with van der Waals surface area (Å²) in [4.78, 5) is 0.265. The van der Waals surface area contributed by atoms with Crippen LogP contribution in [0.1, 0.15) is 10.8 Å². The first-order valence-electron chi connectivity index (χ1n) is 6.23. The topological polar surface area (TPSA) is 69.4 Å². The number of sulfone groups is 1. The van der Waals surface area contributed by atoms with Gasteiger partial charge in [0.15, 0.2) is 9.84 Å². The van der Waals surface area contributed by atoms with Gasteiger partial charge in [0.2, 0.25) is 0 Å². The molecule has 0 spiro atoms. The molecule has 4 nitrogen and oxygen atoms in total. The highest BCUT2D eigenvalue weighted by Gasteiger charge is 2.29. The lowest BCUT2D eigenvalue weighted by atomic mass is 10.1. The summed E-state index contributed by atoms with van der Waals surface area (Å²) >= 11 is 0. The van der Waals surface area contributed by atoms with Gasteiger partial charge in [0.1, 0.15) is 11.0 Å². The molecule has 0 heterocycles. The lowest BCUT2D eigenvalue weighted by Crippen LogP contribution is -2.22. The van der Waals surface area contributed by atoms with Crippen LogP contribution in [0.25, 0.3) is 0 Å². The van der Waals surface area contributed by atoms with Gasteiger partial charge in [-0.1, -0.05) is 36.4 Å². The van der Waals surface area contributed by atoms with Crippen molar-refractivity contribution in [3.05, 3.63) is 60.2 Å². The van der Waals surface area contributed by atoms with Crippen LogP contribution in [0.2, 0.25) is 0 Å². The summed E-state index contributed by atoms with van der Waals surface area (Å²) in [6.07, 6.45) is 0. The van der Waals surface area contributed by atoms with E-state index in [1.54, 1.807) is 54.6 Å². The van der Waals surface area contributed by atoms with Crippen LogP contribution in [0.4, 0.5) is 0 Å². The fourth-order valence-electron chi connectivity index (χ4n) is 2.13. The van der Waals surface area contributed by atoms with E-state index in [-0.39, 0.29) is 11.4 Å². The predicted octanol–water partition coefficient (Wildman–Crippen LogP) is 2.17. The maximum Gasteiger partial charge on any atom is 0.186 e. The zero-order chi connectivity index (χ0) is 14.6. The third-order valence-corrected chi connectivity index (χ3v) is 5.27. The lowest BCUT2D eigenvalue weighted by Gasteiger charge is -2.18. The first-order chi connectivity index (χ1) is 9.61. The van der Waals surface area contributed by atoms with Crippen molar-refractivity contribution >= 4 is 9.84 Å². The molecule has 2 N–H and O–H groups in total. The second kappa shape index (κ2) is 6.07. The largest absolute Gasteiger partial charge is 0.496 e. The molecule has 2 aromatic rings. The molecule has 0 aromatic heterocycles. The summed E-state index contributed by atoms with van der Waals surface area (Å²) in [6, 6.07) is 15.4. The fraction of sp³-hybridized carbons (Fsp3) is 0.200. The van der Waals surface area contributed by atoms with Gasteiger partial charge in [-0.3, -0.25) is 0 Å². The molecule has 20 heavy (non-hydrogen) atoms. The molecular weight excluding hydrogens is 274 g/mol. The van der Waals surface area contributed by atoms with E-state index in [0.29, 0.717) is 11.3 Å². The van der Waals surface area contributed by atoms with E-state index < -0.39 is 15.1 Å². The molecule has 0 aliphatic rings. The number of hydrogen-bond acceptors (Lipinski definition) is 4. The van der Waals surface area contributed by atoms with Gasteiger partial charge in [-0.05, 0) is 18.2 Å². The molecule has 0 aliphatic heterocycles. The Morgan fingerprint density at radius 2 is 1.65 bits per heavy atom. The molecule has 0 amide bonds. The minimum atomic E-state index is -3.54. The summed E-state index contributed by atoms with van der Waals surface area (Å²) in [5.74, 6) is 0.530. The molecule has 2 aromatic carbocycles. The van der Waals surface area contributed by atoms with E-state index in [4.69, 9.17) is 10.5 Å². The van der Waals surface area contributed by atoms with Gasteiger partial charge >= 0.3 is 0 Å². The van der Waals surface area contributed by atoms with Crippen LogP contribution in [-0.2, 0) is 9.84 Å². The minimum absolute atomic E-state index is 0.00238. The Morgan fingerprint density at radius 3 is 2.25 bits per heavy atom. The van der Waals surface area contributed by atoms with Gasteiger partial charge in [-0.2, -0.15) is 0 Å². The van der Waals surface area contributed by atoms with Gasteiger partial charge in [0, 0.05) is 12.1 Å². The Morgan fingerprint density at radius 1 is 1.05 bits per heavy atom. The third-order valence-electron chi connectivity index (χ3n) is 3.15. The maximum absolute atomic E-state index is 12.7. The van der Waals surface area contributed by atoms with Gasteiger partial charge < -0.3 is 10.5 Å². The molecule has 5 heteroatoms. The van der Waals surface area contributed by atoms with E-state index in [9.17, 15) is 8.42 Å². The fourth-order valence-corrected chi connectivity index (χ4v) is 3.78. The molecule has 0 radical (unpaired) electrons. The van der Waals surface area contributed by atoms with Crippen LogP contribution in [0.3, 0.4) is 0 Å². The first-order valence-corrected chi connectivity index (χ1v) is 7.78. The number of rotatable bonds is 5. The second-order valence-electron chi connectivity index (χ2n) is 4.32. The predicted molar refractivity (Wildman–Crippen MR) is 78.4 cm³/mol. The standard InChI is InChI=1S/C15H17NO3S/c1-19-14-10-6-5-9-13(14)15(11-16)20(17,18)12-7-3-2-4-8-12/h2-10,15H,11,16H2,1H3/t15-/m1/s1. The number of para-hydroxylation sites is 1. The molecule has 0 saturated heterocycles. The molecule has 2 rings (SSSR count). The number of ether oxygens (including phenoxy) is 1. The Balaban J connectivity index is 2.53. The Kier molecular flexibility index (Phi) is 4.42. The van der Waals surface area contributed by atoms with E-state index in [2.05, 4.69) is 0 Å². The number of benzene rings is 2. The van der Waals surface area contributed by atoms with Crippen molar-refractivity contribution < 1.29 is 13.2 Å². The average molecular weight is 291 g/mol. The summed E-state index contributed by atoms with van der Waals surface area (Å²) < 4.78 is 30.6. The van der Waals surface area contributed by atoms with Crippen molar-refractivity contribution in [2.75, 3.05) is 13.7 Å². The molecule has 1 atom stereocenters. The maximum atomic E-state index is 12.7. The first kappa shape index (κ1) is 14.6. The van der Waals surface area contributed by atoms with Crippen molar-refractivity contribution in [1.29, 1.82) is 0 Å². The van der Waals surface area contributed by atoms with Crippen molar-refractivity contribution in [3.63, 3.8) is 0 Å². The molecule has 0 unspecified atom stereocenters. The molecular formula is C15H17NO3S. The lowest BCUT2D eigenvalue weighted by molar-refractivity contribution is 0.408. The van der Waals surface area contributed by atoms with Crippen LogP contribution in [0, 0.1) is 0 Å². The van der Waals surface area contributed by atoms with Gasteiger partial charge in [0.05, 0.1) is 12.0 Å². The zero-order valence-electron chi connectivity index (χ0n) is 11.2. The van der Waals surface area contributed by atoms with E-state index >= 15 is 0 Å². The monoisotopic (exact) mass is 291 g/mol. The van der Waals surface area contributed by atoms with E-state index in [1.807, 2.05) is 0 Å². The van der Waals surface area contributed by atoms with Gasteiger partial charge in [-0.25, -0.2) is 8.42 Å². The highest BCUT2D eigenvalue weighted by Crippen LogP contribution is 2.33. The Labute approximate surface area is 119 Å². The summed E-state index contributed by atoms with van der Waals surface area (Å²) in [6.45, 7) is -0.00238.